The van der Waals surface area contributed by atoms with Crippen LogP contribution < -0.4 is 11.1 Å². The van der Waals surface area contributed by atoms with Gasteiger partial charge in [-0.15, -0.1) is 0 Å². The van der Waals surface area contributed by atoms with Crippen LogP contribution in [0.1, 0.15) is 16.2 Å². The van der Waals surface area contributed by atoms with E-state index in [1.54, 1.807) is 24.7 Å². The van der Waals surface area contributed by atoms with Crippen LogP contribution in [0, 0.1) is 0 Å². The van der Waals surface area contributed by atoms with E-state index in [9.17, 15) is 18.0 Å². The van der Waals surface area contributed by atoms with Gasteiger partial charge in [0.2, 0.25) is 0 Å². The summed E-state index contributed by atoms with van der Waals surface area (Å²) in [5, 5.41) is 16.9. The Balaban J connectivity index is 0.000000406. The lowest BCUT2D eigenvalue weighted by Crippen LogP contribution is -2.21. The molecule has 0 saturated carbocycles. The number of anilines is 1. The van der Waals surface area contributed by atoms with Crippen LogP contribution in [0.3, 0.4) is 0 Å². The number of nitrogens with two attached hydrogens (primary N) is 1. The second-order valence-electron chi connectivity index (χ2n) is 6.66. The van der Waals surface area contributed by atoms with Crippen LogP contribution in [0.2, 0.25) is 0 Å². The quantitative estimate of drug-likeness (QED) is 0.348. The summed E-state index contributed by atoms with van der Waals surface area (Å²) < 4.78 is 33.6. The number of hydrogen-bond donors (Lipinski definition) is 4. The maximum absolute atomic E-state index is 12.4. The average molecular weight is 473 g/mol. The molecule has 13 heteroatoms. The highest BCUT2D eigenvalue weighted by atomic mass is 19.4. The van der Waals surface area contributed by atoms with Crippen LogP contribution in [0.15, 0.2) is 67.3 Å². The summed E-state index contributed by atoms with van der Waals surface area (Å²) in [5.74, 6) is -1.74. The smallest absolute Gasteiger partial charge is 0.475 e. The molecule has 0 aliphatic heterocycles. The van der Waals surface area contributed by atoms with Gasteiger partial charge in [-0.25, -0.2) is 14.8 Å². The number of H-pyrrole nitrogens is 1. The van der Waals surface area contributed by atoms with E-state index in [4.69, 9.17) is 15.6 Å². The van der Waals surface area contributed by atoms with Crippen LogP contribution >= 0.6 is 0 Å². The van der Waals surface area contributed by atoms with Crippen LogP contribution in [0.25, 0.3) is 17.1 Å². The normalized spacial score (nSPS) is 10.8. The highest BCUT2D eigenvalue weighted by Gasteiger charge is 2.38. The third-order valence-electron chi connectivity index (χ3n) is 4.30. The zero-order chi connectivity index (χ0) is 24.7. The molecule has 0 saturated heterocycles. The molecule has 10 nitrogen and oxygen atoms in total. The summed E-state index contributed by atoms with van der Waals surface area (Å²) in [6.45, 7) is 0.306. The molecule has 0 radical (unpaired) electrons. The van der Waals surface area contributed by atoms with Crippen molar-refractivity contribution in [2.75, 3.05) is 5.32 Å². The molecule has 0 fully saturated rings. The number of carboxylic acids is 1. The summed E-state index contributed by atoms with van der Waals surface area (Å²) in [5.41, 5.74) is 8.57. The molecule has 4 aromatic rings. The zero-order valence-corrected chi connectivity index (χ0v) is 17.3. The number of aliphatic carboxylic acids is 1. The summed E-state index contributed by atoms with van der Waals surface area (Å²) >= 11 is 0. The molecule has 4 rings (SSSR count). The zero-order valence-electron chi connectivity index (χ0n) is 17.3. The van der Waals surface area contributed by atoms with E-state index in [-0.39, 0.29) is 5.91 Å². The first-order valence-corrected chi connectivity index (χ1v) is 9.59. The number of alkyl halides is 3. The number of benzene rings is 2. The topological polar surface area (TPSA) is 152 Å². The van der Waals surface area contributed by atoms with E-state index < -0.39 is 12.1 Å². The summed E-state index contributed by atoms with van der Waals surface area (Å²) in [6, 6.07) is 14.6. The Kier molecular flexibility index (Phi) is 7.38. The van der Waals surface area contributed by atoms with Crippen molar-refractivity contribution in [1.82, 2.24) is 24.7 Å². The molecule has 0 aliphatic rings. The van der Waals surface area contributed by atoms with Gasteiger partial charge in [-0.1, -0.05) is 0 Å². The number of imidazole rings is 1. The van der Waals surface area contributed by atoms with E-state index in [0.717, 1.165) is 11.3 Å². The number of aromatic amines is 1. The SMILES string of the molecule is NCc1nc(-c2ccc(NC(=O)c3ccc(-n4ccnc4)cc3)cc2)n[nH]1.O=C(O)C(F)(F)F. The minimum absolute atomic E-state index is 0.178. The van der Waals surface area contributed by atoms with Gasteiger partial charge in [0.25, 0.3) is 5.91 Å². The molecule has 0 unspecified atom stereocenters. The Hall–Kier alpha value is -4.52. The molecule has 34 heavy (non-hydrogen) atoms. The predicted octanol–water partition coefficient (Wildman–Crippen LogP) is 3.00. The molecule has 5 N–H and O–H groups in total. The number of nitrogens with one attached hydrogen (secondary N) is 2. The largest absolute Gasteiger partial charge is 0.490 e. The van der Waals surface area contributed by atoms with E-state index in [0.29, 0.717) is 29.4 Å². The first-order valence-electron chi connectivity index (χ1n) is 9.59. The molecular formula is C21H18F3N7O3. The average Bonchev–Trinajstić information content (AvgIpc) is 3.52. The number of aromatic nitrogens is 5. The van der Waals surface area contributed by atoms with Crippen LogP contribution in [0.5, 0.6) is 0 Å². The Morgan fingerprint density at radius 3 is 2.24 bits per heavy atom. The maximum atomic E-state index is 12.4. The van der Waals surface area contributed by atoms with E-state index in [1.165, 1.54) is 0 Å². The van der Waals surface area contributed by atoms with Gasteiger partial charge in [0.05, 0.1) is 12.9 Å². The lowest BCUT2D eigenvalue weighted by atomic mass is 10.1. The molecule has 2 aromatic carbocycles. The molecule has 176 valence electrons. The highest BCUT2D eigenvalue weighted by molar-refractivity contribution is 6.04. The number of rotatable bonds is 5. The second-order valence-corrected chi connectivity index (χ2v) is 6.66. The summed E-state index contributed by atoms with van der Waals surface area (Å²) in [6.07, 6.45) is 0.183. The second kappa shape index (κ2) is 10.4. The van der Waals surface area contributed by atoms with Gasteiger partial charge < -0.3 is 20.7 Å². The number of carboxylic acid groups (broad SMARTS) is 1. The van der Waals surface area contributed by atoms with Gasteiger partial charge >= 0.3 is 12.1 Å². The van der Waals surface area contributed by atoms with Crippen LogP contribution in [-0.2, 0) is 11.3 Å². The van der Waals surface area contributed by atoms with Gasteiger partial charge in [-0.3, -0.25) is 9.89 Å². The number of halogens is 3. The molecule has 0 aliphatic carbocycles. The van der Waals surface area contributed by atoms with Crippen molar-refractivity contribution in [2.45, 2.75) is 12.7 Å². The van der Waals surface area contributed by atoms with Crippen molar-refractivity contribution in [2.24, 2.45) is 5.73 Å². The number of hydrogen-bond acceptors (Lipinski definition) is 6. The van der Waals surface area contributed by atoms with E-state index in [1.807, 2.05) is 47.2 Å². The minimum atomic E-state index is -5.08. The van der Waals surface area contributed by atoms with Crippen molar-refractivity contribution in [1.29, 1.82) is 0 Å². The lowest BCUT2D eigenvalue weighted by molar-refractivity contribution is -0.192. The lowest BCUT2D eigenvalue weighted by Gasteiger charge is -2.07. The Labute approximate surface area is 190 Å². The third-order valence-corrected chi connectivity index (χ3v) is 4.30. The molecule has 1 amide bonds. The Morgan fingerprint density at radius 2 is 1.74 bits per heavy atom. The molecule has 0 atom stereocenters. The number of amides is 1. The molecule has 2 heterocycles. The Morgan fingerprint density at radius 1 is 1.09 bits per heavy atom. The molecule has 2 aromatic heterocycles. The fourth-order valence-corrected chi connectivity index (χ4v) is 2.62. The summed E-state index contributed by atoms with van der Waals surface area (Å²) in [4.78, 5) is 29.6. The monoisotopic (exact) mass is 473 g/mol. The first-order chi connectivity index (χ1) is 16.2. The fourth-order valence-electron chi connectivity index (χ4n) is 2.62. The van der Waals surface area contributed by atoms with Crippen molar-refractivity contribution >= 4 is 17.6 Å². The van der Waals surface area contributed by atoms with Crippen LogP contribution in [-0.4, -0.2) is 47.9 Å². The number of carbonyl (C=O) groups is 2. The predicted molar refractivity (Wildman–Crippen MR) is 115 cm³/mol. The van der Waals surface area contributed by atoms with Crippen molar-refractivity contribution in [3.63, 3.8) is 0 Å². The standard InChI is InChI=1S/C19H17N7O.C2HF3O2/c20-11-17-23-18(25-24-17)13-1-5-15(6-2-13)22-19(27)14-3-7-16(8-4-14)26-10-9-21-12-26;3-2(4,5)1(6)7/h1-10,12H,11,20H2,(H,22,27)(H,23,24,25);(H,6,7). The van der Waals surface area contributed by atoms with Gasteiger partial charge in [0, 0.05) is 34.9 Å². The van der Waals surface area contributed by atoms with Crippen molar-refractivity contribution < 1.29 is 27.9 Å². The van der Waals surface area contributed by atoms with Gasteiger partial charge in [0.15, 0.2) is 5.82 Å². The van der Waals surface area contributed by atoms with Gasteiger partial charge in [-0.2, -0.15) is 18.3 Å². The molecule has 0 bridgehead atoms. The minimum Gasteiger partial charge on any atom is -0.475 e. The maximum Gasteiger partial charge on any atom is 0.490 e. The molecular weight excluding hydrogens is 455 g/mol. The highest BCUT2D eigenvalue weighted by Crippen LogP contribution is 2.19. The van der Waals surface area contributed by atoms with E-state index in [2.05, 4.69) is 25.5 Å². The van der Waals surface area contributed by atoms with Crippen molar-refractivity contribution in [3.05, 3.63) is 78.6 Å². The van der Waals surface area contributed by atoms with Crippen molar-refractivity contribution in [3.8, 4) is 17.1 Å². The van der Waals surface area contributed by atoms with E-state index >= 15 is 0 Å². The van der Waals surface area contributed by atoms with Gasteiger partial charge in [0.1, 0.15) is 5.82 Å². The Bertz CT molecular complexity index is 1240. The van der Waals surface area contributed by atoms with Gasteiger partial charge in [-0.05, 0) is 48.5 Å². The fraction of sp³-hybridized carbons (Fsp3) is 0.0952. The first kappa shape index (κ1) is 24.1. The molecule has 0 spiro atoms. The third kappa shape index (κ3) is 6.26. The summed E-state index contributed by atoms with van der Waals surface area (Å²) in [7, 11) is 0. The van der Waals surface area contributed by atoms with Crippen LogP contribution in [0.4, 0.5) is 18.9 Å². The number of carbonyl (C=O) groups excluding carboxylic acids is 1. The number of nitrogens with zero attached hydrogens (tertiary/aromatic N) is 4.